The first-order valence-electron chi connectivity index (χ1n) is 7.75. The van der Waals surface area contributed by atoms with E-state index < -0.39 is 0 Å². The summed E-state index contributed by atoms with van der Waals surface area (Å²) >= 11 is 0. The van der Waals surface area contributed by atoms with Gasteiger partial charge >= 0.3 is 0 Å². The van der Waals surface area contributed by atoms with Crippen molar-refractivity contribution in [3.63, 3.8) is 0 Å². The van der Waals surface area contributed by atoms with E-state index in [4.69, 9.17) is 4.74 Å². The number of allylic oxidation sites excluding steroid dienone is 2. The minimum atomic E-state index is -0.293. The van der Waals surface area contributed by atoms with Gasteiger partial charge in [-0.1, -0.05) is 24.3 Å². The molecule has 2 aromatic rings. The molecule has 1 aromatic heterocycles. The second-order valence-corrected chi connectivity index (χ2v) is 5.75. The number of ether oxygens (including phenoxy) is 1. The molecule has 1 aliphatic rings. The molecule has 1 unspecified atom stereocenters. The number of amides is 1. The van der Waals surface area contributed by atoms with Crippen LogP contribution in [0.25, 0.3) is 0 Å². The molecular formula is C18H21N3O2. The molecule has 1 aromatic carbocycles. The summed E-state index contributed by atoms with van der Waals surface area (Å²) in [4.78, 5) is 17.0. The lowest BCUT2D eigenvalue weighted by atomic mass is 10.0. The van der Waals surface area contributed by atoms with Gasteiger partial charge in [-0.25, -0.2) is 4.98 Å². The Morgan fingerprint density at radius 2 is 2.17 bits per heavy atom. The number of rotatable bonds is 5. The van der Waals surface area contributed by atoms with E-state index in [1.807, 2.05) is 42.1 Å². The van der Waals surface area contributed by atoms with Crippen LogP contribution >= 0.6 is 0 Å². The van der Waals surface area contributed by atoms with Gasteiger partial charge in [-0.05, 0) is 30.5 Å². The Labute approximate surface area is 136 Å². The van der Waals surface area contributed by atoms with Gasteiger partial charge in [-0.3, -0.25) is 4.79 Å². The standard InChI is InChI=1S/C18H21N3O2/c1-21-11-10-19-17(21)16(14-8-5-9-15(12-14)23-2)20-18(22)13-6-3-4-7-13/h3-5,8-13,16H,6-7H2,1-2H3,(H,20,22). The molecule has 120 valence electrons. The molecule has 0 saturated heterocycles. The Morgan fingerprint density at radius 3 is 2.83 bits per heavy atom. The molecule has 0 saturated carbocycles. The fraction of sp³-hybridized carbons (Fsp3) is 0.333. The Hall–Kier alpha value is -2.56. The third kappa shape index (κ3) is 3.28. The average Bonchev–Trinajstić information content (AvgIpc) is 3.24. The van der Waals surface area contributed by atoms with Crippen LogP contribution in [0.2, 0.25) is 0 Å². The maximum absolute atomic E-state index is 12.6. The van der Waals surface area contributed by atoms with Crippen LogP contribution in [-0.2, 0) is 11.8 Å². The van der Waals surface area contributed by atoms with Crippen molar-refractivity contribution in [1.82, 2.24) is 14.9 Å². The third-order valence-electron chi connectivity index (χ3n) is 4.21. The second-order valence-electron chi connectivity index (χ2n) is 5.75. The number of nitrogens with one attached hydrogen (secondary N) is 1. The second kappa shape index (κ2) is 6.69. The summed E-state index contributed by atoms with van der Waals surface area (Å²) in [5.41, 5.74) is 0.956. The first-order valence-corrected chi connectivity index (χ1v) is 7.75. The monoisotopic (exact) mass is 311 g/mol. The minimum absolute atomic E-state index is 0.0170. The highest BCUT2D eigenvalue weighted by Crippen LogP contribution is 2.26. The maximum Gasteiger partial charge on any atom is 0.224 e. The highest BCUT2D eigenvalue weighted by atomic mass is 16.5. The molecule has 1 atom stereocenters. The Morgan fingerprint density at radius 1 is 1.39 bits per heavy atom. The molecule has 1 N–H and O–H groups in total. The van der Waals surface area contributed by atoms with Crippen molar-refractivity contribution in [3.8, 4) is 5.75 Å². The van der Waals surface area contributed by atoms with E-state index in [0.29, 0.717) is 0 Å². The van der Waals surface area contributed by atoms with Crippen LogP contribution in [0, 0.1) is 5.92 Å². The van der Waals surface area contributed by atoms with Crippen molar-refractivity contribution in [2.45, 2.75) is 18.9 Å². The summed E-state index contributed by atoms with van der Waals surface area (Å²) in [6.07, 6.45) is 9.35. The van der Waals surface area contributed by atoms with E-state index in [-0.39, 0.29) is 17.9 Å². The number of hydrogen-bond acceptors (Lipinski definition) is 3. The summed E-state index contributed by atoms with van der Waals surface area (Å²) in [5.74, 6) is 1.64. The van der Waals surface area contributed by atoms with Crippen LogP contribution in [0.5, 0.6) is 5.75 Å². The molecule has 0 fully saturated rings. The van der Waals surface area contributed by atoms with Gasteiger partial charge in [0.1, 0.15) is 17.6 Å². The number of aromatic nitrogens is 2. The maximum atomic E-state index is 12.6. The summed E-state index contributed by atoms with van der Waals surface area (Å²) in [5, 5.41) is 3.15. The Balaban J connectivity index is 1.90. The fourth-order valence-electron chi connectivity index (χ4n) is 2.86. The van der Waals surface area contributed by atoms with E-state index in [1.165, 1.54) is 0 Å². The predicted octanol–water partition coefficient (Wildman–Crippen LogP) is 2.60. The number of benzene rings is 1. The van der Waals surface area contributed by atoms with Gasteiger partial charge in [0.2, 0.25) is 5.91 Å². The van der Waals surface area contributed by atoms with E-state index in [9.17, 15) is 4.79 Å². The van der Waals surface area contributed by atoms with Crippen molar-refractivity contribution in [2.75, 3.05) is 7.11 Å². The molecule has 1 heterocycles. The van der Waals surface area contributed by atoms with E-state index >= 15 is 0 Å². The zero-order valence-electron chi connectivity index (χ0n) is 13.4. The van der Waals surface area contributed by atoms with Crippen molar-refractivity contribution < 1.29 is 9.53 Å². The van der Waals surface area contributed by atoms with Crippen molar-refractivity contribution in [2.24, 2.45) is 13.0 Å². The van der Waals surface area contributed by atoms with Gasteiger partial charge in [-0.15, -0.1) is 0 Å². The lowest BCUT2D eigenvalue weighted by Gasteiger charge is -2.21. The highest BCUT2D eigenvalue weighted by Gasteiger charge is 2.26. The number of nitrogens with zero attached hydrogens (tertiary/aromatic N) is 2. The average molecular weight is 311 g/mol. The highest BCUT2D eigenvalue weighted by molar-refractivity contribution is 5.80. The molecule has 0 bridgehead atoms. The van der Waals surface area contributed by atoms with Crippen LogP contribution in [-0.4, -0.2) is 22.6 Å². The first kappa shape index (κ1) is 15.3. The van der Waals surface area contributed by atoms with E-state index in [1.54, 1.807) is 13.3 Å². The quantitative estimate of drug-likeness (QED) is 0.864. The number of imidazole rings is 1. The molecule has 0 radical (unpaired) electrons. The zero-order valence-corrected chi connectivity index (χ0v) is 13.4. The molecule has 0 spiro atoms. The first-order chi connectivity index (χ1) is 11.2. The summed E-state index contributed by atoms with van der Waals surface area (Å²) in [7, 11) is 3.57. The van der Waals surface area contributed by atoms with Gasteiger partial charge in [0.05, 0.1) is 7.11 Å². The van der Waals surface area contributed by atoms with Crippen LogP contribution < -0.4 is 10.1 Å². The number of carbonyl (C=O) groups is 1. The molecule has 5 nitrogen and oxygen atoms in total. The molecule has 3 rings (SSSR count). The third-order valence-corrected chi connectivity index (χ3v) is 4.21. The van der Waals surface area contributed by atoms with Crippen molar-refractivity contribution >= 4 is 5.91 Å². The van der Waals surface area contributed by atoms with Gasteiger partial charge in [0.15, 0.2) is 0 Å². The molecule has 0 aliphatic heterocycles. The van der Waals surface area contributed by atoms with Crippen LogP contribution in [0.3, 0.4) is 0 Å². The molecule has 5 heteroatoms. The SMILES string of the molecule is COc1cccc(C(NC(=O)C2CC=CC2)c2nccn2C)c1. The lowest BCUT2D eigenvalue weighted by Crippen LogP contribution is -2.35. The van der Waals surface area contributed by atoms with Gasteiger partial charge < -0.3 is 14.6 Å². The smallest absolute Gasteiger partial charge is 0.224 e. The van der Waals surface area contributed by atoms with Crippen LogP contribution in [0.15, 0.2) is 48.8 Å². The fourth-order valence-corrected chi connectivity index (χ4v) is 2.86. The number of carbonyl (C=O) groups excluding carboxylic acids is 1. The molecular weight excluding hydrogens is 290 g/mol. The number of aryl methyl sites for hydroxylation is 1. The predicted molar refractivity (Wildman–Crippen MR) is 88.1 cm³/mol. The molecule has 1 amide bonds. The van der Waals surface area contributed by atoms with Crippen LogP contribution in [0.1, 0.15) is 30.3 Å². The Bertz CT molecular complexity index is 713. The van der Waals surface area contributed by atoms with Crippen molar-refractivity contribution in [1.29, 1.82) is 0 Å². The lowest BCUT2D eigenvalue weighted by molar-refractivity contribution is -0.125. The number of methoxy groups -OCH3 is 1. The summed E-state index contributed by atoms with van der Waals surface area (Å²) < 4.78 is 7.24. The topological polar surface area (TPSA) is 56.1 Å². The van der Waals surface area contributed by atoms with Crippen LogP contribution in [0.4, 0.5) is 0 Å². The normalized spacial score (nSPS) is 15.6. The van der Waals surface area contributed by atoms with Crippen molar-refractivity contribution in [3.05, 3.63) is 60.2 Å². The minimum Gasteiger partial charge on any atom is -0.497 e. The summed E-state index contributed by atoms with van der Waals surface area (Å²) in [6.45, 7) is 0. The van der Waals surface area contributed by atoms with Gasteiger partial charge in [0.25, 0.3) is 0 Å². The molecule has 23 heavy (non-hydrogen) atoms. The zero-order chi connectivity index (χ0) is 16.2. The Kier molecular flexibility index (Phi) is 4.46. The van der Waals surface area contributed by atoms with Gasteiger partial charge in [0, 0.05) is 25.4 Å². The number of hydrogen-bond donors (Lipinski definition) is 1. The van der Waals surface area contributed by atoms with E-state index in [2.05, 4.69) is 22.5 Å². The molecule has 1 aliphatic carbocycles. The van der Waals surface area contributed by atoms with E-state index in [0.717, 1.165) is 30.0 Å². The summed E-state index contributed by atoms with van der Waals surface area (Å²) in [6, 6.07) is 7.44. The van der Waals surface area contributed by atoms with Gasteiger partial charge in [-0.2, -0.15) is 0 Å². The largest absolute Gasteiger partial charge is 0.497 e.